The third kappa shape index (κ3) is 5.93. The first-order valence-electron chi connectivity index (χ1n) is 12.3. The molecule has 6 nitrogen and oxygen atoms in total. The molecule has 2 heterocycles. The number of fused-ring (bicyclic) bond motifs is 1. The summed E-state index contributed by atoms with van der Waals surface area (Å²) in [7, 11) is 0. The molecule has 35 heavy (non-hydrogen) atoms. The average molecular weight is 472 g/mol. The fraction of sp³-hybridized carbons (Fsp3) is 0.379. The van der Waals surface area contributed by atoms with Gasteiger partial charge in [-0.25, -0.2) is 0 Å². The van der Waals surface area contributed by atoms with Gasteiger partial charge in [0.1, 0.15) is 24.0 Å². The summed E-state index contributed by atoms with van der Waals surface area (Å²) in [5.41, 5.74) is 4.33. The minimum Gasteiger partial charge on any atom is -0.491 e. The van der Waals surface area contributed by atoms with Gasteiger partial charge in [0.05, 0.1) is 12.6 Å². The molecule has 0 unspecified atom stereocenters. The molecule has 4 rings (SSSR count). The molecule has 0 saturated carbocycles. The maximum Gasteiger partial charge on any atom is 0.262 e. The van der Waals surface area contributed by atoms with E-state index in [1.165, 1.54) is 11.1 Å². The molecule has 3 aromatic rings. The number of amides is 1. The number of aromatic nitrogens is 1. The lowest BCUT2D eigenvalue weighted by atomic mass is 10.0. The molecule has 0 radical (unpaired) electrons. The summed E-state index contributed by atoms with van der Waals surface area (Å²) < 4.78 is 13.9. The van der Waals surface area contributed by atoms with Gasteiger partial charge in [-0.15, -0.1) is 0 Å². The molecular weight excluding hydrogens is 438 g/mol. The molecule has 0 bridgehead atoms. The van der Waals surface area contributed by atoms with Crippen molar-refractivity contribution in [2.24, 2.45) is 0 Å². The Balaban J connectivity index is 1.51. The molecule has 0 spiro atoms. The van der Waals surface area contributed by atoms with E-state index in [0.29, 0.717) is 25.6 Å². The van der Waals surface area contributed by atoms with E-state index in [4.69, 9.17) is 9.47 Å². The lowest BCUT2D eigenvalue weighted by molar-refractivity contribution is -0.117. The van der Waals surface area contributed by atoms with Gasteiger partial charge in [-0.05, 0) is 55.0 Å². The lowest BCUT2D eigenvalue weighted by Gasteiger charge is -2.15. The van der Waals surface area contributed by atoms with E-state index in [1.807, 2.05) is 30.5 Å². The molecule has 1 atom stereocenters. The number of nitrogens with zero attached hydrogens (tertiary/aromatic N) is 2. The summed E-state index contributed by atoms with van der Waals surface area (Å²) in [5.74, 6) is 0.931. The maximum absolute atomic E-state index is 12.6. The van der Waals surface area contributed by atoms with Crippen molar-refractivity contribution in [3.8, 4) is 11.8 Å². The van der Waals surface area contributed by atoms with E-state index in [2.05, 4.69) is 54.9 Å². The van der Waals surface area contributed by atoms with Crippen LogP contribution >= 0.6 is 0 Å². The molecule has 1 saturated heterocycles. The minimum atomic E-state index is -0.371. The second-order valence-corrected chi connectivity index (χ2v) is 9.35. The normalized spacial score (nSPS) is 16.0. The van der Waals surface area contributed by atoms with Gasteiger partial charge in [0, 0.05) is 35.8 Å². The zero-order chi connectivity index (χ0) is 24.8. The van der Waals surface area contributed by atoms with Gasteiger partial charge in [-0.1, -0.05) is 44.2 Å². The van der Waals surface area contributed by atoms with Crippen LogP contribution in [-0.2, 0) is 16.1 Å². The quantitative estimate of drug-likeness (QED) is 0.337. The van der Waals surface area contributed by atoms with Crippen molar-refractivity contribution in [2.75, 3.05) is 19.8 Å². The number of rotatable bonds is 9. The van der Waals surface area contributed by atoms with Crippen molar-refractivity contribution in [3.63, 3.8) is 0 Å². The van der Waals surface area contributed by atoms with Gasteiger partial charge in [0.15, 0.2) is 0 Å². The van der Waals surface area contributed by atoms with Crippen molar-refractivity contribution in [3.05, 3.63) is 70.9 Å². The van der Waals surface area contributed by atoms with E-state index in [0.717, 1.165) is 41.7 Å². The van der Waals surface area contributed by atoms with Crippen LogP contribution in [0.2, 0.25) is 0 Å². The molecule has 1 aliphatic rings. The molecule has 1 N–H and O–H groups in total. The van der Waals surface area contributed by atoms with Gasteiger partial charge >= 0.3 is 0 Å². The van der Waals surface area contributed by atoms with Crippen LogP contribution in [0.3, 0.4) is 0 Å². The number of aryl methyl sites for hydroxylation is 1. The topological polar surface area (TPSA) is 76.3 Å². The summed E-state index contributed by atoms with van der Waals surface area (Å²) in [6, 6.07) is 16.4. The largest absolute Gasteiger partial charge is 0.491 e. The Morgan fingerprint density at radius 1 is 1.31 bits per heavy atom. The highest BCUT2D eigenvalue weighted by atomic mass is 16.5. The summed E-state index contributed by atoms with van der Waals surface area (Å²) in [6.45, 7) is 8.71. The Bertz CT molecular complexity index is 1260. The van der Waals surface area contributed by atoms with E-state index >= 15 is 0 Å². The Morgan fingerprint density at radius 3 is 2.89 bits per heavy atom. The molecule has 182 valence electrons. The Labute approximate surface area is 207 Å². The van der Waals surface area contributed by atoms with Crippen molar-refractivity contribution in [1.82, 2.24) is 9.88 Å². The standard InChI is InChI=1S/C29H33N3O3/c1-20(2)25-11-10-21(3)15-28(25)35-14-12-32-19-23(26-8-4-5-9-27(26)32)16-22(17-30)29(33)31-18-24-7-6-13-34-24/h4-5,8-11,15-16,19-20,24H,6-7,12-14,18H2,1-3H3,(H,31,33)/b22-16+/t24-/m0/s1. The summed E-state index contributed by atoms with van der Waals surface area (Å²) in [6.07, 6.45) is 5.63. The summed E-state index contributed by atoms with van der Waals surface area (Å²) in [4.78, 5) is 12.6. The predicted octanol–water partition coefficient (Wildman–Crippen LogP) is 5.35. The molecule has 1 amide bonds. The second-order valence-electron chi connectivity index (χ2n) is 9.35. The highest BCUT2D eigenvalue weighted by molar-refractivity contribution is 6.04. The number of para-hydroxylation sites is 1. The van der Waals surface area contributed by atoms with E-state index in [1.54, 1.807) is 6.08 Å². The van der Waals surface area contributed by atoms with Crippen molar-refractivity contribution >= 4 is 22.9 Å². The van der Waals surface area contributed by atoms with Crippen LogP contribution in [0.4, 0.5) is 0 Å². The minimum absolute atomic E-state index is 0.0328. The fourth-order valence-electron chi connectivity index (χ4n) is 4.48. The number of hydrogen-bond donors (Lipinski definition) is 1. The Hall–Kier alpha value is -3.56. The number of ether oxygens (including phenoxy) is 2. The molecule has 0 aliphatic carbocycles. The number of carbonyl (C=O) groups excluding carboxylic acids is 1. The third-order valence-corrected chi connectivity index (χ3v) is 6.38. The number of nitrogens with one attached hydrogen (secondary N) is 1. The Kier molecular flexibility index (Phi) is 7.89. The molecule has 6 heteroatoms. The fourth-order valence-corrected chi connectivity index (χ4v) is 4.48. The first-order valence-corrected chi connectivity index (χ1v) is 12.3. The van der Waals surface area contributed by atoms with Crippen molar-refractivity contribution < 1.29 is 14.3 Å². The van der Waals surface area contributed by atoms with Gasteiger partial charge in [-0.2, -0.15) is 5.26 Å². The average Bonchev–Trinajstić information content (AvgIpc) is 3.49. The first-order chi connectivity index (χ1) is 17.0. The monoisotopic (exact) mass is 471 g/mol. The second kappa shape index (κ2) is 11.2. The van der Waals surface area contributed by atoms with Gasteiger partial charge < -0.3 is 19.4 Å². The number of benzene rings is 2. The van der Waals surface area contributed by atoms with Crippen LogP contribution in [0.1, 0.15) is 49.3 Å². The van der Waals surface area contributed by atoms with Crippen molar-refractivity contribution in [2.45, 2.75) is 52.2 Å². The highest BCUT2D eigenvalue weighted by Gasteiger charge is 2.18. The van der Waals surface area contributed by atoms with Crippen LogP contribution in [0, 0.1) is 18.3 Å². The van der Waals surface area contributed by atoms with E-state index in [-0.39, 0.29) is 17.6 Å². The third-order valence-electron chi connectivity index (χ3n) is 6.38. The van der Waals surface area contributed by atoms with Crippen LogP contribution in [0.25, 0.3) is 17.0 Å². The molecule has 1 fully saturated rings. The summed E-state index contributed by atoms with van der Waals surface area (Å²) >= 11 is 0. The van der Waals surface area contributed by atoms with Crippen LogP contribution in [0.5, 0.6) is 5.75 Å². The van der Waals surface area contributed by atoms with E-state index in [9.17, 15) is 10.1 Å². The SMILES string of the molecule is Cc1ccc(C(C)C)c(OCCn2cc(/C=C(\C#N)C(=O)NC[C@@H]3CCCO3)c3ccccc32)c1. The van der Waals surface area contributed by atoms with Gasteiger partial charge in [-0.3, -0.25) is 4.79 Å². The molecule has 1 aromatic heterocycles. The van der Waals surface area contributed by atoms with Crippen LogP contribution < -0.4 is 10.1 Å². The smallest absolute Gasteiger partial charge is 0.262 e. The molecule has 1 aliphatic heterocycles. The highest BCUT2D eigenvalue weighted by Crippen LogP contribution is 2.28. The lowest BCUT2D eigenvalue weighted by Crippen LogP contribution is -2.32. The van der Waals surface area contributed by atoms with Crippen LogP contribution in [0.15, 0.2) is 54.2 Å². The number of carbonyl (C=O) groups is 1. The zero-order valence-electron chi connectivity index (χ0n) is 20.7. The molecule has 2 aromatic carbocycles. The zero-order valence-corrected chi connectivity index (χ0v) is 20.7. The van der Waals surface area contributed by atoms with Crippen molar-refractivity contribution in [1.29, 1.82) is 5.26 Å². The molecular formula is C29H33N3O3. The summed E-state index contributed by atoms with van der Waals surface area (Å²) in [5, 5.41) is 13.5. The first kappa shape index (κ1) is 24.6. The maximum atomic E-state index is 12.6. The van der Waals surface area contributed by atoms with Gasteiger partial charge in [0.25, 0.3) is 5.91 Å². The van der Waals surface area contributed by atoms with Crippen LogP contribution in [-0.4, -0.2) is 36.3 Å². The predicted molar refractivity (Wildman–Crippen MR) is 138 cm³/mol. The number of nitriles is 1. The Morgan fingerprint density at radius 2 is 2.14 bits per heavy atom. The van der Waals surface area contributed by atoms with E-state index < -0.39 is 0 Å². The van der Waals surface area contributed by atoms with Gasteiger partial charge in [0.2, 0.25) is 0 Å². The number of hydrogen-bond acceptors (Lipinski definition) is 4.